The molecular formula is C12H6Cl3FN2O. The molecule has 19 heavy (non-hydrogen) atoms. The predicted octanol–water partition coefficient (Wildman–Crippen LogP) is 4.43. The molecule has 0 atom stereocenters. The Balaban J connectivity index is 2.29. The molecule has 0 fully saturated rings. The summed E-state index contributed by atoms with van der Waals surface area (Å²) in [6.07, 6.45) is 0. The van der Waals surface area contributed by atoms with Crippen molar-refractivity contribution in [1.29, 1.82) is 0 Å². The van der Waals surface area contributed by atoms with Crippen molar-refractivity contribution in [1.82, 2.24) is 4.98 Å². The number of hydrogen-bond acceptors (Lipinski definition) is 2. The van der Waals surface area contributed by atoms with Gasteiger partial charge in [-0.15, -0.1) is 0 Å². The molecule has 98 valence electrons. The zero-order chi connectivity index (χ0) is 14.0. The van der Waals surface area contributed by atoms with Crippen LogP contribution in [0.5, 0.6) is 0 Å². The van der Waals surface area contributed by atoms with Gasteiger partial charge in [-0.3, -0.25) is 4.79 Å². The normalized spacial score (nSPS) is 10.3. The molecule has 7 heteroatoms. The molecule has 0 aliphatic carbocycles. The van der Waals surface area contributed by atoms with E-state index >= 15 is 0 Å². The van der Waals surface area contributed by atoms with Gasteiger partial charge in [0.05, 0.1) is 15.7 Å². The zero-order valence-corrected chi connectivity index (χ0v) is 11.5. The summed E-state index contributed by atoms with van der Waals surface area (Å²) in [7, 11) is 0. The van der Waals surface area contributed by atoms with Gasteiger partial charge in [0, 0.05) is 5.02 Å². The highest BCUT2D eigenvalue weighted by Crippen LogP contribution is 2.33. The lowest BCUT2D eigenvalue weighted by Gasteiger charge is -2.09. The van der Waals surface area contributed by atoms with Gasteiger partial charge in [-0.05, 0) is 24.3 Å². The van der Waals surface area contributed by atoms with Crippen LogP contribution in [0, 0.1) is 5.95 Å². The zero-order valence-electron chi connectivity index (χ0n) is 9.25. The van der Waals surface area contributed by atoms with Gasteiger partial charge in [-0.25, -0.2) is 4.98 Å². The Morgan fingerprint density at radius 3 is 2.37 bits per heavy atom. The number of hydrogen-bond donors (Lipinski definition) is 1. The first-order chi connectivity index (χ1) is 8.97. The molecule has 0 bridgehead atoms. The van der Waals surface area contributed by atoms with Crippen molar-refractivity contribution in [2.24, 2.45) is 0 Å². The van der Waals surface area contributed by atoms with Crippen LogP contribution in [0.3, 0.4) is 0 Å². The quantitative estimate of drug-likeness (QED) is 0.832. The molecule has 1 N–H and O–H groups in total. The van der Waals surface area contributed by atoms with E-state index in [1.807, 2.05) is 0 Å². The average molecular weight is 320 g/mol. The first-order valence-corrected chi connectivity index (χ1v) is 6.19. The van der Waals surface area contributed by atoms with Crippen molar-refractivity contribution < 1.29 is 9.18 Å². The molecular weight excluding hydrogens is 314 g/mol. The smallest absolute Gasteiger partial charge is 0.274 e. The summed E-state index contributed by atoms with van der Waals surface area (Å²) in [5, 5.41) is 3.17. The van der Waals surface area contributed by atoms with Crippen LogP contribution in [-0.4, -0.2) is 10.9 Å². The van der Waals surface area contributed by atoms with E-state index in [0.29, 0.717) is 5.02 Å². The van der Waals surface area contributed by atoms with Gasteiger partial charge in [0.2, 0.25) is 5.95 Å². The lowest BCUT2D eigenvalue weighted by Crippen LogP contribution is -2.14. The van der Waals surface area contributed by atoms with Crippen LogP contribution >= 0.6 is 34.8 Å². The largest absolute Gasteiger partial charge is 0.318 e. The Morgan fingerprint density at radius 2 is 1.79 bits per heavy atom. The fraction of sp³-hybridized carbons (Fsp3) is 0. The third-order valence-electron chi connectivity index (χ3n) is 2.19. The fourth-order valence-corrected chi connectivity index (χ4v) is 2.29. The second kappa shape index (κ2) is 5.74. The lowest BCUT2D eigenvalue weighted by atomic mass is 10.3. The van der Waals surface area contributed by atoms with E-state index in [1.165, 1.54) is 24.3 Å². The van der Waals surface area contributed by atoms with Crippen molar-refractivity contribution in [3.8, 4) is 0 Å². The molecule has 2 aromatic rings. The highest BCUT2D eigenvalue weighted by Gasteiger charge is 2.14. The summed E-state index contributed by atoms with van der Waals surface area (Å²) in [6.45, 7) is 0. The maximum atomic E-state index is 12.9. The summed E-state index contributed by atoms with van der Waals surface area (Å²) >= 11 is 17.6. The highest BCUT2D eigenvalue weighted by molar-refractivity contribution is 6.42. The predicted molar refractivity (Wildman–Crippen MR) is 73.6 cm³/mol. The molecule has 1 heterocycles. The van der Waals surface area contributed by atoms with Crippen molar-refractivity contribution in [3.63, 3.8) is 0 Å². The monoisotopic (exact) mass is 318 g/mol. The van der Waals surface area contributed by atoms with E-state index < -0.39 is 11.9 Å². The second-order valence-electron chi connectivity index (χ2n) is 3.54. The average Bonchev–Trinajstić information content (AvgIpc) is 2.33. The number of nitrogens with zero attached hydrogens (tertiary/aromatic N) is 1. The van der Waals surface area contributed by atoms with Gasteiger partial charge >= 0.3 is 0 Å². The summed E-state index contributed by atoms with van der Waals surface area (Å²) in [5.74, 6) is -1.37. The molecule has 1 aromatic carbocycles. The Bertz CT molecular complexity index is 626. The van der Waals surface area contributed by atoms with Crippen LogP contribution in [0.1, 0.15) is 10.5 Å². The molecule has 1 amide bonds. The number of halogens is 4. The molecule has 0 aliphatic heterocycles. The van der Waals surface area contributed by atoms with Crippen LogP contribution in [0.15, 0.2) is 30.3 Å². The van der Waals surface area contributed by atoms with E-state index in [9.17, 15) is 9.18 Å². The van der Waals surface area contributed by atoms with Gasteiger partial charge in [0.15, 0.2) is 0 Å². The Hall–Kier alpha value is -1.36. The summed E-state index contributed by atoms with van der Waals surface area (Å²) in [4.78, 5) is 15.3. The van der Waals surface area contributed by atoms with Crippen molar-refractivity contribution in [3.05, 3.63) is 57.0 Å². The van der Waals surface area contributed by atoms with Crippen LogP contribution in [0.2, 0.25) is 15.1 Å². The van der Waals surface area contributed by atoms with Crippen LogP contribution in [0.4, 0.5) is 10.1 Å². The summed E-state index contributed by atoms with van der Waals surface area (Å²) < 4.78 is 12.9. The number of anilines is 1. The van der Waals surface area contributed by atoms with Crippen LogP contribution < -0.4 is 5.32 Å². The first-order valence-electron chi connectivity index (χ1n) is 5.06. The number of pyridine rings is 1. The SMILES string of the molecule is O=C(Nc1c(Cl)cc(Cl)cc1Cl)c1cccc(F)n1. The highest BCUT2D eigenvalue weighted by atomic mass is 35.5. The molecule has 0 spiro atoms. The standard InChI is InChI=1S/C12H6Cl3FN2O/c13-6-4-7(14)11(8(15)5-6)18-12(19)9-2-1-3-10(16)17-9/h1-5H,(H,18,19). The first kappa shape index (κ1) is 14.1. The van der Waals surface area contributed by atoms with Crippen molar-refractivity contribution in [2.45, 2.75) is 0 Å². The van der Waals surface area contributed by atoms with Gasteiger partial charge in [-0.2, -0.15) is 4.39 Å². The van der Waals surface area contributed by atoms with Crippen LogP contribution in [0.25, 0.3) is 0 Å². The molecule has 1 aromatic heterocycles. The minimum atomic E-state index is -0.749. The van der Waals surface area contributed by atoms with Crippen molar-refractivity contribution >= 4 is 46.4 Å². The Morgan fingerprint density at radius 1 is 1.16 bits per heavy atom. The molecule has 0 saturated carbocycles. The van der Waals surface area contributed by atoms with Crippen LogP contribution in [-0.2, 0) is 0 Å². The lowest BCUT2D eigenvalue weighted by molar-refractivity contribution is 0.102. The number of amides is 1. The van der Waals surface area contributed by atoms with E-state index in [2.05, 4.69) is 10.3 Å². The van der Waals surface area contributed by atoms with E-state index in [-0.39, 0.29) is 21.4 Å². The molecule has 0 unspecified atom stereocenters. The maximum absolute atomic E-state index is 12.9. The number of nitrogens with one attached hydrogen (secondary N) is 1. The number of rotatable bonds is 2. The van der Waals surface area contributed by atoms with Gasteiger partial charge in [-0.1, -0.05) is 40.9 Å². The Kier molecular flexibility index (Phi) is 4.24. The number of carbonyl (C=O) groups excluding carboxylic acids is 1. The third kappa shape index (κ3) is 3.35. The van der Waals surface area contributed by atoms with E-state index in [1.54, 1.807) is 0 Å². The second-order valence-corrected chi connectivity index (χ2v) is 4.79. The molecule has 3 nitrogen and oxygen atoms in total. The minimum Gasteiger partial charge on any atom is -0.318 e. The fourth-order valence-electron chi connectivity index (χ4n) is 1.37. The topological polar surface area (TPSA) is 42.0 Å². The maximum Gasteiger partial charge on any atom is 0.274 e. The van der Waals surface area contributed by atoms with Crippen molar-refractivity contribution in [2.75, 3.05) is 5.32 Å². The molecule has 0 saturated heterocycles. The summed E-state index contributed by atoms with van der Waals surface area (Å²) in [6, 6.07) is 6.75. The minimum absolute atomic E-state index is 0.0814. The number of carbonyl (C=O) groups is 1. The molecule has 2 rings (SSSR count). The van der Waals surface area contributed by atoms with E-state index in [0.717, 1.165) is 6.07 Å². The molecule has 0 radical (unpaired) electrons. The summed E-state index contributed by atoms with van der Waals surface area (Å²) in [5.41, 5.74) is 0.117. The molecule has 0 aliphatic rings. The van der Waals surface area contributed by atoms with E-state index in [4.69, 9.17) is 34.8 Å². The number of benzene rings is 1. The van der Waals surface area contributed by atoms with Gasteiger partial charge < -0.3 is 5.32 Å². The third-order valence-corrected chi connectivity index (χ3v) is 3.01. The van der Waals surface area contributed by atoms with Gasteiger partial charge in [0.1, 0.15) is 5.69 Å². The number of aromatic nitrogens is 1. The Labute approximate surface area is 123 Å². The van der Waals surface area contributed by atoms with Gasteiger partial charge in [0.25, 0.3) is 5.91 Å².